The summed E-state index contributed by atoms with van der Waals surface area (Å²) in [5, 5.41) is 0. The van der Waals surface area contributed by atoms with Gasteiger partial charge in [-0.25, -0.2) is 0 Å². The fraction of sp³-hybridized carbons (Fsp3) is 0.600. The average Bonchev–Trinajstić information content (AvgIpc) is 2.68. The molecule has 1 unspecified atom stereocenters. The zero-order chi connectivity index (χ0) is 20.3. The van der Waals surface area contributed by atoms with Gasteiger partial charge in [-0.3, -0.25) is 14.5 Å². The van der Waals surface area contributed by atoms with Crippen LogP contribution in [0.3, 0.4) is 0 Å². The second kappa shape index (κ2) is 8.51. The van der Waals surface area contributed by atoms with Crippen LogP contribution in [0.1, 0.15) is 42.1 Å². The van der Waals surface area contributed by atoms with Gasteiger partial charge in [0.1, 0.15) is 0 Å². The number of hydrogen-bond acceptors (Lipinski definition) is 3. The van der Waals surface area contributed by atoms with Crippen LogP contribution in [0.2, 0.25) is 0 Å². The molecule has 0 N–H and O–H groups in total. The number of benzene rings is 1. The minimum atomic E-state index is -4.41. The number of piperazine rings is 1. The van der Waals surface area contributed by atoms with E-state index in [9.17, 15) is 22.8 Å². The van der Waals surface area contributed by atoms with Crippen LogP contribution in [0, 0.1) is 0 Å². The smallest absolute Gasteiger partial charge is 0.339 e. The van der Waals surface area contributed by atoms with Crippen LogP contribution >= 0.6 is 0 Å². The molecule has 28 heavy (non-hydrogen) atoms. The van der Waals surface area contributed by atoms with Crippen molar-refractivity contribution in [3.63, 3.8) is 0 Å². The van der Waals surface area contributed by atoms with Gasteiger partial charge in [-0.15, -0.1) is 0 Å². The minimum absolute atomic E-state index is 0.134. The van der Waals surface area contributed by atoms with E-state index in [1.54, 1.807) is 4.90 Å². The Morgan fingerprint density at radius 1 is 1.00 bits per heavy atom. The van der Waals surface area contributed by atoms with E-state index in [1.807, 2.05) is 9.80 Å². The van der Waals surface area contributed by atoms with Crippen molar-refractivity contribution in [2.24, 2.45) is 0 Å². The Morgan fingerprint density at radius 3 is 2.21 bits per heavy atom. The van der Waals surface area contributed by atoms with Crippen molar-refractivity contribution in [1.82, 2.24) is 14.7 Å². The molecule has 0 saturated carbocycles. The van der Waals surface area contributed by atoms with Gasteiger partial charge in [-0.2, -0.15) is 13.2 Å². The predicted octanol–water partition coefficient (Wildman–Crippen LogP) is 2.86. The Hall–Kier alpha value is -2.09. The highest BCUT2D eigenvalue weighted by molar-refractivity contribution is 5.94. The normalized spacial score (nSPS) is 21.6. The molecule has 1 atom stereocenters. The van der Waals surface area contributed by atoms with Gasteiger partial charge in [0, 0.05) is 44.3 Å². The van der Waals surface area contributed by atoms with Crippen molar-refractivity contribution in [3.8, 4) is 0 Å². The number of amides is 2. The van der Waals surface area contributed by atoms with Gasteiger partial charge in [0.15, 0.2) is 0 Å². The van der Waals surface area contributed by atoms with Crippen LogP contribution in [-0.2, 0) is 11.0 Å². The van der Waals surface area contributed by atoms with Gasteiger partial charge in [0.05, 0.1) is 12.1 Å². The molecule has 2 saturated heterocycles. The summed E-state index contributed by atoms with van der Waals surface area (Å²) in [7, 11) is 0. The lowest BCUT2D eigenvalue weighted by Gasteiger charge is -2.38. The summed E-state index contributed by atoms with van der Waals surface area (Å²) in [6.07, 6.45) is -1.16. The Balaban J connectivity index is 1.50. The number of likely N-dealkylation sites (tertiary alicyclic amines) is 1. The lowest BCUT2D eigenvalue weighted by atomic mass is 10.0. The fourth-order valence-corrected chi connectivity index (χ4v) is 3.84. The maximum absolute atomic E-state index is 12.6. The molecule has 0 aliphatic carbocycles. The Bertz CT molecular complexity index is 698. The summed E-state index contributed by atoms with van der Waals surface area (Å²) >= 11 is 0. The number of halogens is 3. The molecule has 5 nitrogen and oxygen atoms in total. The van der Waals surface area contributed by atoms with Gasteiger partial charge >= 0.3 is 6.18 Å². The molecule has 2 aliphatic rings. The molecule has 0 radical (unpaired) electrons. The fourth-order valence-electron chi connectivity index (χ4n) is 3.84. The maximum atomic E-state index is 12.6. The van der Waals surface area contributed by atoms with E-state index in [2.05, 4.69) is 6.92 Å². The summed E-state index contributed by atoms with van der Waals surface area (Å²) in [4.78, 5) is 30.7. The molecule has 0 spiro atoms. The number of alkyl halides is 3. The van der Waals surface area contributed by atoms with Crippen LogP contribution in [0.4, 0.5) is 13.2 Å². The largest absolute Gasteiger partial charge is 0.416 e. The van der Waals surface area contributed by atoms with E-state index < -0.39 is 11.7 Å². The standard InChI is InChI=1S/C20H26F3N3O2/c1-15-4-2-3-9-26(15)18(27)14-24-10-12-25(13-11-24)19(28)16-5-7-17(8-6-16)20(21,22)23/h5-8,15H,2-4,9-14H2,1H3. The van der Waals surface area contributed by atoms with Crippen molar-refractivity contribution < 1.29 is 22.8 Å². The van der Waals surface area contributed by atoms with E-state index >= 15 is 0 Å². The third kappa shape index (κ3) is 4.84. The van der Waals surface area contributed by atoms with Gasteiger partial charge < -0.3 is 9.80 Å². The van der Waals surface area contributed by atoms with E-state index in [0.717, 1.165) is 37.9 Å². The SMILES string of the molecule is CC1CCCCN1C(=O)CN1CCN(C(=O)c2ccc(C(F)(F)F)cc2)CC1. The number of piperidine rings is 1. The van der Waals surface area contributed by atoms with Gasteiger partial charge in [-0.05, 0) is 50.5 Å². The third-order valence-corrected chi connectivity index (χ3v) is 5.60. The number of carbonyl (C=O) groups is 2. The highest BCUT2D eigenvalue weighted by atomic mass is 19.4. The molecule has 0 bridgehead atoms. The van der Waals surface area contributed by atoms with E-state index in [0.29, 0.717) is 32.7 Å². The van der Waals surface area contributed by atoms with Crippen molar-refractivity contribution in [2.45, 2.75) is 38.4 Å². The van der Waals surface area contributed by atoms with Crippen molar-refractivity contribution in [2.75, 3.05) is 39.3 Å². The zero-order valence-corrected chi connectivity index (χ0v) is 16.0. The van der Waals surface area contributed by atoms with Gasteiger partial charge in [0.25, 0.3) is 5.91 Å². The summed E-state index contributed by atoms with van der Waals surface area (Å²) in [6.45, 7) is 5.34. The molecular formula is C20H26F3N3O2. The first kappa shape index (κ1) is 20.6. The monoisotopic (exact) mass is 397 g/mol. The Labute approximate surface area is 163 Å². The molecular weight excluding hydrogens is 371 g/mol. The molecule has 154 valence electrons. The second-order valence-corrected chi connectivity index (χ2v) is 7.58. The summed E-state index contributed by atoms with van der Waals surface area (Å²) < 4.78 is 37.9. The number of rotatable bonds is 3. The van der Waals surface area contributed by atoms with E-state index in [1.165, 1.54) is 12.1 Å². The van der Waals surface area contributed by atoms with Crippen LogP contribution in [0.25, 0.3) is 0 Å². The van der Waals surface area contributed by atoms with Gasteiger partial charge in [-0.1, -0.05) is 0 Å². The Kier molecular flexibility index (Phi) is 6.27. The van der Waals surface area contributed by atoms with Crippen molar-refractivity contribution in [3.05, 3.63) is 35.4 Å². The van der Waals surface area contributed by atoms with Gasteiger partial charge in [0.2, 0.25) is 5.91 Å². The van der Waals surface area contributed by atoms with E-state index in [4.69, 9.17) is 0 Å². The summed E-state index contributed by atoms with van der Waals surface area (Å²) in [5.41, 5.74) is -0.515. The van der Waals surface area contributed by atoms with Crippen LogP contribution < -0.4 is 0 Å². The average molecular weight is 397 g/mol. The van der Waals surface area contributed by atoms with E-state index in [-0.39, 0.29) is 23.4 Å². The van der Waals surface area contributed by atoms with Crippen molar-refractivity contribution >= 4 is 11.8 Å². The summed E-state index contributed by atoms with van der Waals surface area (Å²) in [5.74, 6) is -0.140. The zero-order valence-electron chi connectivity index (χ0n) is 16.0. The molecule has 2 heterocycles. The molecule has 2 amide bonds. The number of carbonyl (C=O) groups excluding carboxylic acids is 2. The third-order valence-electron chi connectivity index (χ3n) is 5.60. The Morgan fingerprint density at radius 2 is 1.64 bits per heavy atom. The molecule has 8 heteroatoms. The maximum Gasteiger partial charge on any atom is 0.416 e. The number of nitrogens with zero attached hydrogens (tertiary/aromatic N) is 3. The molecule has 3 rings (SSSR count). The van der Waals surface area contributed by atoms with Crippen LogP contribution in [0.15, 0.2) is 24.3 Å². The molecule has 1 aromatic rings. The topological polar surface area (TPSA) is 43.9 Å². The first-order valence-corrected chi connectivity index (χ1v) is 9.74. The molecule has 2 aliphatic heterocycles. The van der Waals surface area contributed by atoms with Crippen LogP contribution in [0.5, 0.6) is 0 Å². The minimum Gasteiger partial charge on any atom is -0.339 e. The van der Waals surface area contributed by atoms with Crippen LogP contribution in [-0.4, -0.2) is 71.8 Å². The first-order valence-electron chi connectivity index (χ1n) is 9.74. The lowest BCUT2D eigenvalue weighted by molar-refractivity contribution is -0.138. The summed E-state index contributed by atoms with van der Waals surface area (Å²) in [6, 6.07) is 4.59. The number of hydrogen-bond donors (Lipinski definition) is 0. The molecule has 0 aromatic heterocycles. The predicted molar refractivity (Wildman–Crippen MR) is 98.8 cm³/mol. The van der Waals surface area contributed by atoms with Crippen molar-refractivity contribution in [1.29, 1.82) is 0 Å². The lowest BCUT2D eigenvalue weighted by Crippen LogP contribution is -2.53. The molecule has 2 fully saturated rings. The quantitative estimate of drug-likeness (QED) is 0.788. The first-order chi connectivity index (χ1) is 13.3. The molecule has 1 aromatic carbocycles. The second-order valence-electron chi connectivity index (χ2n) is 7.58. The highest BCUT2D eigenvalue weighted by Gasteiger charge is 2.31. The highest BCUT2D eigenvalue weighted by Crippen LogP contribution is 2.29.